The highest BCUT2D eigenvalue weighted by molar-refractivity contribution is 5.89. The van der Waals surface area contributed by atoms with Gasteiger partial charge < -0.3 is 49.1 Å². The number of nitrogens with two attached hydrogens (primary N) is 1. The molecule has 0 spiro atoms. The number of carbonyl (C=O) groups excluding carboxylic acids is 3. The van der Waals surface area contributed by atoms with Crippen LogP contribution in [0.15, 0.2) is 60.8 Å². The van der Waals surface area contributed by atoms with Gasteiger partial charge in [-0.3, -0.25) is 25.0 Å². The summed E-state index contributed by atoms with van der Waals surface area (Å²) in [6.45, 7) is 8.76. The predicted octanol–water partition coefficient (Wildman–Crippen LogP) is 7.76. The molecule has 5 atom stereocenters. The molecule has 2 aliphatic heterocycles. The maximum absolute atomic E-state index is 12.1. The van der Waals surface area contributed by atoms with Crippen LogP contribution in [0.25, 0.3) is 32.7 Å². The van der Waals surface area contributed by atoms with E-state index in [1.807, 2.05) is 48.7 Å². The van der Waals surface area contributed by atoms with Crippen molar-refractivity contribution in [3.63, 3.8) is 0 Å². The summed E-state index contributed by atoms with van der Waals surface area (Å²) < 4.78 is 30.3. The molecule has 2 aliphatic rings. The lowest BCUT2D eigenvalue weighted by atomic mass is 9.90. The minimum Gasteiger partial charge on any atom is -0.497 e. The van der Waals surface area contributed by atoms with Crippen LogP contribution in [0.1, 0.15) is 88.1 Å². The summed E-state index contributed by atoms with van der Waals surface area (Å²) >= 11 is 0. The number of esters is 3. The molecule has 3 aromatic heterocycles. The molecule has 3 aromatic carbocycles. The van der Waals surface area contributed by atoms with Gasteiger partial charge in [-0.15, -0.1) is 0 Å². The van der Waals surface area contributed by atoms with E-state index in [1.165, 1.54) is 43.8 Å². The average Bonchev–Trinajstić information content (AvgIpc) is 4.00. The van der Waals surface area contributed by atoms with E-state index in [4.69, 9.17) is 29.4 Å². The van der Waals surface area contributed by atoms with Gasteiger partial charge >= 0.3 is 17.9 Å². The van der Waals surface area contributed by atoms with Crippen LogP contribution in [0.3, 0.4) is 0 Å². The maximum atomic E-state index is 12.1. The quantitative estimate of drug-likeness (QED) is 0.0516. The molecule has 0 amide bonds. The van der Waals surface area contributed by atoms with Gasteiger partial charge in [-0.2, -0.15) is 0 Å². The SMILES string of the molecule is C.COC(=O)[C@@H]1Cc2c([nH]c3cc(OC)ccc23)[C@H](CC(C)C)N1.COC(=O)[C@H](N)Cc1c[nH]c2cc(OC)ccc12.COC(=O)[C@H]1Cc2c([nH]c3cc(OC)ccc23)[C@H](CC(C)C)N1. The molecule has 15 heteroatoms. The summed E-state index contributed by atoms with van der Waals surface area (Å²) in [4.78, 5) is 45.6. The second-order valence-electron chi connectivity index (χ2n) is 17.2. The van der Waals surface area contributed by atoms with Crippen molar-refractivity contribution in [3.05, 3.63) is 88.9 Å². The van der Waals surface area contributed by atoms with E-state index in [-0.39, 0.29) is 43.5 Å². The number of aromatic amines is 3. The minimum absolute atomic E-state index is 0. The Labute approximate surface area is 381 Å². The van der Waals surface area contributed by atoms with Gasteiger partial charge in [0.2, 0.25) is 0 Å². The lowest BCUT2D eigenvalue weighted by Gasteiger charge is -2.31. The van der Waals surface area contributed by atoms with Crippen molar-refractivity contribution in [3.8, 4) is 17.2 Å². The van der Waals surface area contributed by atoms with Crippen molar-refractivity contribution in [2.45, 2.75) is 97.4 Å². The Morgan fingerprint density at radius 2 is 1.03 bits per heavy atom. The highest BCUT2D eigenvalue weighted by Crippen LogP contribution is 2.38. The van der Waals surface area contributed by atoms with Crippen molar-refractivity contribution < 1.29 is 42.8 Å². The topological polar surface area (TPSA) is 204 Å². The molecule has 0 bridgehead atoms. The number of H-pyrrole nitrogens is 3. The fourth-order valence-corrected chi connectivity index (χ4v) is 8.81. The van der Waals surface area contributed by atoms with Gasteiger partial charge in [0.15, 0.2) is 0 Å². The Morgan fingerprint density at radius 3 is 1.42 bits per heavy atom. The van der Waals surface area contributed by atoms with E-state index >= 15 is 0 Å². The summed E-state index contributed by atoms with van der Waals surface area (Å²) in [5.41, 5.74) is 14.6. The lowest BCUT2D eigenvalue weighted by molar-refractivity contribution is -0.144. The van der Waals surface area contributed by atoms with Crippen LogP contribution in [0.2, 0.25) is 0 Å². The van der Waals surface area contributed by atoms with E-state index in [9.17, 15) is 14.4 Å². The molecule has 8 rings (SSSR count). The highest BCUT2D eigenvalue weighted by atomic mass is 16.5. The number of hydrogen-bond acceptors (Lipinski definition) is 12. The van der Waals surface area contributed by atoms with Gasteiger partial charge in [0.25, 0.3) is 0 Å². The third kappa shape index (κ3) is 11.4. The first-order valence-electron chi connectivity index (χ1n) is 21.7. The first kappa shape index (κ1) is 50.0. The largest absolute Gasteiger partial charge is 0.497 e. The molecule has 7 N–H and O–H groups in total. The number of methoxy groups -OCH3 is 6. The molecule has 65 heavy (non-hydrogen) atoms. The molecule has 0 fully saturated rings. The van der Waals surface area contributed by atoms with E-state index in [2.05, 4.69) is 70.2 Å². The number of carbonyl (C=O) groups is 3. The summed E-state index contributed by atoms with van der Waals surface area (Å²) in [7, 11) is 9.18. The van der Waals surface area contributed by atoms with Gasteiger partial charge in [-0.05, 0) is 77.8 Å². The van der Waals surface area contributed by atoms with Crippen LogP contribution in [0.4, 0.5) is 0 Å². The Hall–Kier alpha value is -6.03. The molecule has 0 aliphatic carbocycles. The third-order valence-electron chi connectivity index (χ3n) is 11.9. The first-order valence-corrected chi connectivity index (χ1v) is 21.7. The van der Waals surface area contributed by atoms with Crippen molar-refractivity contribution in [1.82, 2.24) is 25.6 Å². The zero-order chi connectivity index (χ0) is 46.2. The van der Waals surface area contributed by atoms with Crippen LogP contribution >= 0.6 is 0 Å². The molecular formula is C50H68N6O9. The van der Waals surface area contributed by atoms with E-state index in [1.54, 1.807) is 21.3 Å². The van der Waals surface area contributed by atoms with Crippen LogP contribution < -0.4 is 30.6 Å². The zero-order valence-electron chi connectivity index (χ0n) is 38.6. The first-order chi connectivity index (χ1) is 30.7. The van der Waals surface area contributed by atoms with Crippen LogP contribution in [0, 0.1) is 11.8 Å². The normalized spacial score (nSPS) is 18.0. The molecule has 15 nitrogen and oxygen atoms in total. The Morgan fingerprint density at radius 1 is 0.615 bits per heavy atom. The van der Waals surface area contributed by atoms with Crippen molar-refractivity contribution in [2.24, 2.45) is 17.6 Å². The number of aromatic nitrogens is 3. The summed E-state index contributed by atoms with van der Waals surface area (Å²) in [5, 5.41) is 10.2. The number of ether oxygens (including phenoxy) is 6. The predicted molar refractivity (Wildman–Crippen MR) is 255 cm³/mol. The van der Waals surface area contributed by atoms with Gasteiger partial charge in [0, 0.05) is 99.8 Å². The van der Waals surface area contributed by atoms with E-state index in [0.29, 0.717) is 31.1 Å². The molecule has 5 heterocycles. The highest BCUT2D eigenvalue weighted by Gasteiger charge is 2.35. The van der Waals surface area contributed by atoms with E-state index in [0.717, 1.165) is 68.4 Å². The molecule has 0 saturated carbocycles. The minimum atomic E-state index is -0.642. The molecular weight excluding hydrogens is 829 g/mol. The molecule has 0 radical (unpaired) electrons. The maximum Gasteiger partial charge on any atom is 0.323 e. The molecule has 0 saturated heterocycles. The van der Waals surface area contributed by atoms with Gasteiger partial charge in [0.05, 0.1) is 42.7 Å². The second-order valence-corrected chi connectivity index (χ2v) is 17.2. The number of nitrogens with one attached hydrogen (secondary N) is 5. The van der Waals surface area contributed by atoms with Gasteiger partial charge in [-0.25, -0.2) is 0 Å². The average molecular weight is 897 g/mol. The van der Waals surface area contributed by atoms with Crippen molar-refractivity contribution in [2.75, 3.05) is 42.7 Å². The number of benzene rings is 3. The fourth-order valence-electron chi connectivity index (χ4n) is 8.81. The molecule has 6 aromatic rings. The van der Waals surface area contributed by atoms with Crippen molar-refractivity contribution >= 4 is 50.6 Å². The summed E-state index contributed by atoms with van der Waals surface area (Å²) in [6.07, 6.45) is 5.51. The number of hydrogen-bond donors (Lipinski definition) is 6. The second kappa shape index (κ2) is 22.2. The number of rotatable bonds is 12. The summed E-state index contributed by atoms with van der Waals surface area (Å²) in [5.74, 6) is 2.68. The van der Waals surface area contributed by atoms with Crippen molar-refractivity contribution in [1.29, 1.82) is 0 Å². The van der Waals surface area contributed by atoms with Gasteiger partial charge in [-0.1, -0.05) is 35.1 Å². The Kier molecular flexibility index (Phi) is 17.1. The van der Waals surface area contributed by atoms with Crippen LogP contribution in [-0.4, -0.2) is 93.6 Å². The standard InChI is InChI=1S/2C18H24N2O3.C13H16N2O3.CH4/c2*1-10(2)7-15-17-13(9-16(19-15)18(21)23-4)12-6-5-11(22-3)8-14(12)20-17;1-17-9-3-4-10-8(7-15-12(10)6-9)5-11(14)13(16)18-2;/h2*5-6,8,10,15-16,19-20H,7,9H2,1-4H3;3-4,6-7,11,15H,5,14H2,1-2H3;1H4/t15-,16+;15-,16-;11-;/m001./s1. The fraction of sp³-hybridized carbons (Fsp3) is 0.460. The smallest absolute Gasteiger partial charge is 0.323 e. The van der Waals surface area contributed by atoms with Crippen LogP contribution in [-0.2, 0) is 47.9 Å². The number of fused-ring (bicyclic) bond motifs is 7. The Balaban J connectivity index is 0.000000183. The molecule has 352 valence electrons. The monoisotopic (exact) mass is 897 g/mol. The third-order valence-corrected chi connectivity index (χ3v) is 11.9. The van der Waals surface area contributed by atoms with Gasteiger partial charge in [0.1, 0.15) is 35.4 Å². The van der Waals surface area contributed by atoms with Crippen LogP contribution in [0.5, 0.6) is 17.2 Å². The van der Waals surface area contributed by atoms with E-state index < -0.39 is 12.0 Å². The zero-order valence-corrected chi connectivity index (χ0v) is 38.6. The molecule has 0 unspecified atom stereocenters. The lowest BCUT2D eigenvalue weighted by Crippen LogP contribution is -2.45. The Bertz CT molecular complexity index is 2430. The summed E-state index contributed by atoms with van der Waals surface area (Å²) in [6, 6.07) is 16.8.